The van der Waals surface area contributed by atoms with Gasteiger partial charge < -0.3 is 14.0 Å². The summed E-state index contributed by atoms with van der Waals surface area (Å²) in [5.74, 6) is 0.760. The molecule has 0 saturated carbocycles. The number of rotatable bonds is 6. The average molecular weight is 365 g/mol. The van der Waals surface area contributed by atoms with Crippen LogP contribution in [-0.4, -0.2) is 30.9 Å². The first-order valence-electron chi connectivity index (χ1n) is 8.73. The molecular weight excluding hydrogens is 342 g/mol. The summed E-state index contributed by atoms with van der Waals surface area (Å²) in [6.45, 7) is 5.04. The number of nitrogens with zero attached hydrogens (tertiary/aromatic N) is 2. The van der Waals surface area contributed by atoms with Crippen LogP contribution in [0.3, 0.4) is 0 Å². The molecule has 0 spiro atoms. The lowest BCUT2D eigenvalue weighted by atomic mass is 10.1. The second kappa shape index (κ2) is 7.95. The predicted octanol–water partition coefficient (Wildman–Crippen LogP) is 3.75. The largest absolute Gasteiger partial charge is 0.497 e. The van der Waals surface area contributed by atoms with E-state index in [1.807, 2.05) is 12.1 Å². The number of hydrogen-bond acceptors (Lipinski definition) is 4. The van der Waals surface area contributed by atoms with Crippen molar-refractivity contribution in [3.63, 3.8) is 0 Å². The maximum Gasteiger partial charge on any atom is 0.271 e. The molecule has 3 rings (SSSR count). The van der Waals surface area contributed by atoms with Crippen molar-refractivity contribution >= 4 is 23.0 Å². The molecule has 6 nitrogen and oxygen atoms in total. The molecule has 1 amide bonds. The highest BCUT2D eigenvalue weighted by molar-refractivity contribution is 6.02. The van der Waals surface area contributed by atoms with Gasteiger partial charge in [0, 0.05) is 40.3 Å². The molecule has 0 atom stereocenters. The molecule has 140 valence electrons. The first-order chi connectivity index (χ1) is 13.1. The number of hydrogen-bond donors (Lipinski definition) is 1. The SMILES string of the molecule is CCn1c(C)c(/C=N\NC(=O)c2cc(OC)cc(OC)c2)c2ccccc21. The molecule has 1 aromatic heterocycles. The van der Waals surface area contributed by atoms with Crippen molar-refractivity contribution in [2.24, 2.45) is 5.10 Å². The maximum atomic E-state index is 12.4. The Morgan fingerprint density at radius 3 is 2.44 bits per heavy atom. The zero-order valence-electron chi connectivity index (χ0n) is 15.9. The van der Waals surface area contributed by atoms with Crippen LogP contribution in [0.2, 0.25) is 0 Å². The van der Waals surface area contributed by atoms with Gasteiger partial charge >= 0.3 is 0 Å². The third-order valence-corrected chi connectivity index (χ3v) is 4.57. The topological polar surface area (TPSA) is 64.9 Å². The summed E-state index contributed by atoms with van der Waals surface area (Å²) in [6.07, 6.45) is 1.69. The van der Waals surface area contributed by atoms with Crippen molar-refractivity contribution in [3.8, 4) is 11.5 Å². The number of fused-ring (bicyclic) bond motifs is 1. The van der Waals surface area contributed by atoms with Crippen LogP contribution in [-0.2, 0) is 6.54 Å². The van der Waals surface area contributed by atoms with Crippen LogP contribution >= 0.6 is 0 Å². The van der Waals surface area contributed by atoms with Crippen molar-refractivity contribution < 1.29 is 14.3 Å². The molecular formula is C21H23N3O3. The minimum Gasteiger partial charge on any atom is -0.497 e. The van der Waals surface area contributed by atoms with E-state index in [4.69, 9.17) is 9.47 Å². The van der Waals surface area contributed by atoms with Gasteiger partial charge in [-0.3, -0.25) is 4.79 Å². The second-order valence-corrected chi connectivity index (χ2v) is 6.06. The maximum absolute atomic E-state index is 12.4. The van der Waals surface area contributed by atoms with E-state index in [0.29, 0.717) is 17.1 Å². The number of aromatic nitrogens is 1. The number of carbonyl (C=O) groups is 1. The van der Waals surface area contributed by atoms with Gasteiger partial charge in [-0.25, -0.2) is 5.43 Å². The van der Waals surface area contributed by atoms with Crippen LogP contribution in [0.5, 0.6) is 11.5 Å². The van der Waals surface area contributed by atoms with Gasteiger partial charge in [-0.2, -0.15) is 5.10 Å². The summed E-state index contributed by atoms with van der Waals surface area (Å²) >= 11 is 0. The third kappa shape index (κ3) is 3.65. The Morgan fingerprint density at radius 1 is 1.15 bits per heavy atom. The number of para-hydroxylation sites is 1. The number of nitrogens with one attached hydrogen (secondary N) is 1. The predicted molar refractivity (Wildman–Crippen MR) is 107 cm³/mol. The lowest BCUT2D eigenvalue weighted by molar-refractivity contribution is 0.0954. The molecule has 0 unspecified atom stereocenters. The van der Waals surface area contributed by atoms with E-state index >= 15 is 0 Å². The Hall–Kier alpha value is -3.28. The van der Waals surface area contributed by atoms with Crippen molar-refractivity contribution in [1.82, 2.24) is 9.99 Å². The van der Waals surface area contributed by atoms with Crippen LogP contribution in [0.15, 0.2) is 47.6 Å². The Bertz CT molecular complexity index is 983. The smallest absolute Gasteiger partial charge is 0.271 e. The van der Waals surface area contributed by atoms with Gasteiger partial charge in [0.2, 0.25) is 0 Å². The Labute approximate surface area is 158 Å². The number of ether oxygens (including phenoxy) is 2. The summed E-state index contributed by atoms with van der Waals surface area (Å²) in [7, 11) is 3.09. The fourth-order valence-corrected chi connectivity index (χ4v) is 3.19. The van der Waals surface area contributed by atoms with Gasteiger partial charge in [-0.1, -0.05) is 18.2 Å². The molecule has 0 aliphatic rings. The minimum absolute atomic E-state index is 0.333. The number of amides is 1. The lowest BCUT2D eigenvalue weighted by Gasteiger charge is -2.07. The van der Waals surface area contributed by atoms with Crippen molar-refractivity contribution in [2.45, 2.75) is 20.4 Å². The van der Waals surface area contributed by atoms with E-state index < -0.39 is 0 Å². The molecule has 1 heterocycles. The van der Waals surface area contributed by atoms with Crippen LogP contribution in [0.1, 0.15) is 28.5 Å². The summed E-state index contributed by atoms with van der Waals surface area (Å²) in [5.41, 5.74) is 6.25. The van der Waals surface area contributed by atoms with Gasteiger partial charge in [0.15, 0.2) is 0 Å². The van der Waals surface area contributed by atoms with Crippen LogP contribution < -0.4 is 14.9 Å². The highest BCUT2D eigenvalue weighted by atomic mass is 16.5. The highest BCUT2D eigenvalue weighted by Gasteiger charge is 2.12. The van der Waals surface area contributed by atoms with E-state index in [-0.39, 0.29) is 5.91 Å². The first kappa shape index (κ1) is 18.5. The fourth-order valence-electron chi connectivity index (χ4n) is 3.19. The van der Waals surface area contributed by atoms with Crippen molar-refractivity contribution in [3.05, 3.63) is 59.3 Å². The second-order valence-electron chi connectivity index (χ2n) is 6.06. The average Bonchev–Trinajstić information content (AvgIpc) is 2.98. The van der Waals surface area contributed by atoms with E-state index in [9.17, 15) is 4.79 Å². The molecule has 0 radical (unpaired) electrons. The standard InChI is InChI=1S/C21H23N3O3/c1-5-24-14(2)19(18-8-6-7-9-20(18)24)13-22-23-21(25)15-10-16(26-3)12-17(11-15)27-4/h6-13H,5H2,1-4H3,(H,23,25)/b22-13-. The van der Waals surface area contributed by atoms with Crippen molar-refractivity contribution in [2.75, 3.05) is 14.2 Å². The first-order valence-corrected chi connectivity index (χ1v) is 8.73. The molecule has 0 aliphatic heterocycles. The Kier molecular flexibility index (Phi) is 5.45. The Balaban J connectivity index is 1.85. The monoisotopic (exact) mass is 365 g/mol. The molecule has 6 heteroatoms. The van der Waals surface area contributed by atoms with E-state index in [0.717, 1.165) is 28.7 Å². The summed E-state index contributed by atoms with van der Waals surface area (Å²) < 4.78 is 12.6. The summed E-state index contributed by atoms with van der Waals surface area (Å²) in [4.78, 5) is 12.4. The quantitative estimate of drug-likeness (QED) is 0.534. The molecule has 0 bridgehead atoms. The van der Waals surface area contributed by atoms with Crippen LogP contribution in [0.4, 0.5) is 0 Å². The zero-order chi connectivity index (χ0) is 19.4. The minimum atomic E-state index is -0.333. The molecule has 27 heavy (non-hydrogen) atoms. The molecule has 3 aromatic rings. The highest BCUT2D eigenvalue weighted by Crippen LogP contribution is 2.24. The summed E-state index contributed by atoms with van der Waals surface area (Å²) in [5, 5.41) is 5.28. The van der Waals surface area contributed by atoms with Gasteiger partial charge in [0.05, 0.1) is 20.4 Å². The van der Waals surface area contributed by atoms with Gasteiger partial charge in [-0.05, 0) is 32.0 Å². The van der Waals surface area contributed by atoms with Crippen molar-refractivity contribution in [1.29, 1.82) is 0 Å². The number of aryl methyl sites for hydroxylation is 1. The van der Waals surface area contributed by atoms with Gasteiger partial charge in [0.1, 0.15) is 11.5 Å². The zero-order valence-corrected chi connectivity index (χ0v) is 15.9. The fraction of sp³-hybridized carbons (Fsp3) is 0.238. The summed E-state index contributed by atoms with van der Waals surface area (Å²) in [6, 6.07) is 13.2. The number of hydrazone groups is 1. The number of methoxy groups -OCH3 is 2. The van der Waals surface area contributed by atoms with Crippen LogP contribution in [0.25, 0.3) is 10.9 Å². The van der Waals surface area contributed by atoms with E-state index in [2.05, 4.69) is 41.1 Å². The normalized spacial score (nSPS) is 11.1. The number of benzene rings is 2. The molecule has 0 saturated heterocycles. The van der Waals surface area contributed by atoms with Gasteiger partial charge in [0.25, 0.3) is 5.91 Å². The van der Waals surface area contributed by atoms with E-state index in [1.54, 1.807) is 38.6 Å². The van der Waals surface area contributed by atoms with Gasteiger partial charge in [-0.15, -0.1) is 0 Å². The molecule has 1 N–H and O–H groups in total. The molecule has 0 fully saturated rings. The van der Waals surface area contributed by atoms with Crippen LogP contribution in [0, 0.1) is 6.92 Å². The molecule has 0 aliphatic carbocycles. The van der Waals surface area contributed by atoms with E-state index in [1.165, 1.54) is 0 Å². The third-order valence-electron chi connectivity index (χ3n) is 4.57. The Morgan fingerprint density at radius 2 is 1.81 bits per heavy atom. The lowest BCUT2D eigenvalue weighted by Crippen LogP contribution is -2.17. The number of carbonyl (C=O) groups excluding carboxylic acids is 1. The molecule has 2 aromatic carbocycles.